The number of nitrogens with two attached hydrogens (primary N) is 1. The van der Waals surface area contributed by atoms with Gasteiger partial charge in [-0.1, -0.05) is 12.1 Å². The molecular weight excluding hydrogens is 506 g/mol. The van der Waals surface area contributed by atoms with Crippen molar-refractivity contribution in [1.82, 2.24) is 20.5 Å². The van der Waals surface area contributed by atoms with Gasteiger partial charge in [-0.25, -0.2) is 4.98 Å². The topological polar surface area (TPSA) is 122 Å². The lowest BCUT2D eigenvalue weighted by Crippen LogP contribution is -2.54. The van der Waals surface area contributed by atoms with Crippen LogP contribution in [0.2, 0.25) is 0 Å². The zero-order valence-electron chi connectivity index (χ0n) is 22.7. The number of para-hydroxylation sites is 1. The molecule has 3 aromatic rings. The molecule has 4 N–H and O–H groups in total. The number of benzene rings is 1. The Morgan fingerprint density at radius 2 is 1.68 bits per heavy atom. The van der Waals surface area contributed by atoms with E-state index in [1.807, 2.05) is 24.4 Å². The number of piperazine rings is 1. The molecule has 4 aliphatic rings. The van der Waals surface area contributed by atoms with Gasteiger partial charge in [0, 0.05) is 61.5 Å². The molecule has 0 spiro atoms. The number of nitrogens with one attached hydrogen (secondary N) is 1. The lowest BCUT2D eigenvalue weighted by atomic mass is 9.91. The minimum Gasteiger partial charge on any atom is -0.507 e. The summed E-state index contributed by atoms with van der Waals surface area (Å²) in [6.07, 6.45) is 9.02. The van der Waals surface area contributed by atoms with Crippen LogP contribution in [0.15, 0.2) is 48.7 Å². The van der Waals surface area contributed by atoms with Crippen LogP contribution in [0.5, 0.6) is 11.6 Å². The van der Waals surface area contributed by atoms with E-state index in [0.717, 1.165) is 76.1 Å². The molecule has 0 radical (unpaired) electrons. The Hall–Kier alpha value is -3.63. The van der Waals surface area contributed by atoms with E-state index in [1.165, 1.54) is 0 Å². The Labute approximate surface area is 234 Å². The second-order valence-corrected chi connectivity index (χ2v) is 11.5. The summed E-state index contributed by atoms with van der Waals surface area (Å²) in [5, 5.41) is 22.2. The number of phenols is 1. The lowest BCUT2D eigenvalue weighted by molar-refractivity contribution is -0.103. The van der Waals surface area contributed by atoms with Crippen LogP contribution in [0, 0.1) is 0 Å². The maximum Gasteiger partial charge on any atom is 0.215 e. The van der Waals surface area contributed by atoms with Crippen molar-refractivity contribution < 1.29 is 14.6 Å². The lowest BCUT2D eigenvalue weighted by Gasteiger charge is -2.43. The molecule has 10 nitrogen and oxygen atoms in total. The number of hydrogen-bond acceptors (Lipinski definition) is 10. The summed E-state index contributed by atoms with van der Waals surface area (Å²) >= 11 is 0. The standard InChI is InChI=1S/C30H37N7O3/c31-30-27(16-26(34-35-30)25-3-1-2-4-28(25)38)36-17-20-5-6-21(18-36)37(20)19-7-12-33-29(13-19)40-24-14-23(15-24)39-22-8-10-32-11-9-22/h1-4,7,12-13,16,20-24,32,38H,5-6,8-11,14-15,17-18H2,(H2,31,35)/t20?,21?,23-,24-. The first-order valence-electron chi connectivity index (χ1n) is 14.5. The van der Waals surface area contributed by atoms with E-state index in [4.69, 9.17) is 15.2 Å². The molecule has 40 heavy (non-hydrogen) atoms. The summed E-state index contributed by atoms with van der Waals surface area (Å²) in [6, 6.07) is 14.0. The molecule has 3 aliphatic heterocycles. The average molecular weight is 544 g/mol. The maximum absolute atomic E-state index is 10.3. The molecule has 4 fully saturated rings. The highest BCUT2D eigenvalue weighted by atomic mass is 16.5. The summed E-state index contributed by atoms with van der Waals surface area (Å²) in [7, 11) is 0. The van der Waals surface area contributed by atoms with Gasteiger partial charge in [-0.15, -0.1) is 10.2 Å². The normalized spacial score (nSPS) is 26.5. The number of pyridine rings is 1. The summed E-state index contributed by atoms with van der Waals surface area (Å²) in [5.41, 5.74) is 9.61. The molecule has 3 saturated heterocycles. The van der Waals surface area contributed by atoms with E-state index in [0.29, 0.717) is 47.2 Å². The smallest absolute Gasteiger partial charge is 0.215 e. The number of ether oxygens (including phenoxy) is 2. The molecule has 5 heterocycles. The number of nitrogens with zero attached hydrogens (tertiary/aromatic N) is 5. The fraction of sp³-hybridized carbons (Fsp3) is 0.500. The number of fused-ring (bicyclic) bond motifs is 2. The van der Waals surface area contributed by atoms with Gasteiger partial charge in [0.1, 0.15) is 11.9 Å². The molecule has 2 bridgehead atoms. The van der Waals surface area contributed by atoms with Gasteiger partial charge in [-0.2, -0.15) is 0 Å². The van der Waals surface area contributed by atoms with E-state index in [1.54, 1.807) is 12.1 Å². The third-order valence-corrected chi connectivity index (χ3v) is 8.83. The Balaban J connectivity index is 1.01. The van der Waals surface area contributed by atoms with Crippen LogP contribution < -0.4 is 25.6 Å². The summed E-state index contributed by atoms with van der Waals surface area (Å²) < 4.78 is 12.5. The molecule has 210 valence electrons. The van der Waals surface area contributed by atoms with Crippen molar-refractivity contribution in [1.29, 1.82) is 0 Å². The van der Waals surface area contributed by atoms with Gasteiger partial charge in [-0.05, 0) is 63.0 Å². The largest absolute Gasteiger partial charge is 0.507 e. The van der Waals surface area contributed by atoms with E-state index in [9.17, 15) is 5.11 Å². The summed E-state index contributed by atoms with van der Waals surface area (Å²) in [5.74, 6) is 1.29. The molecule has 2 atom stereocenters. The van der Waals surface area contributed by atoms with Crippen molar-refractivity contribution in [3.05, 3.63) is 48.7 Å². The van der Waals surface area contributed by atoms with Crippen molar-refractivity contribution in [3.63, 3.8) is 0 Å². The number of piperidine rings is 1. The zero-order valence-corrected chi connectivity index (χ0v) is 22.7. The third kappa shape index (κ3) is 5.01. The maximum atomic E-state index is 10.3. The monoisotopic (exact) mass is 543 g/mol. The van der Waals surface area contributed by atoms with Gasteiger partial charge in [0.25, 0.3) is 0 Å². The highest BCUT2D eigenvalue weighted by molar-refractivity contribution is 5.74. The van der Waals surface area contributed by atoms with E-state index in [2.05, 4.69) is 42.4 Å². The first kappa shape index (κ1) is 25.3. The van der Waals surface area contributed by atoms with Crippen LogP contribution in [0.4, 0.5) is 17.2 Å². The summed E-state index contributed by atoms with van der Waals surface area (Å²) in [6.45, 7) is 3.78. The van der Waals surface area contributed by atoms with Gasteiger partial charge < -0.3 is 35.4 Å². The number of nitrogen functional groups attached to an aromatic ring is 1. The molecule has 7 rings (SSSR count). The molecule has 10 heteroatoms. The van der Waals surface area contributed by atoms with Gasteiger partial charge in [-0.3, -0.25) is 0 Å². The van der Waals surface area contributed by atoms with Crippen molar-refractivity contribution in [2.75, 3.05) is 41.7 Å². The molecule has 1 aromatic carbocycles. The predicted molar refractivity (Wildman–Crippen MR) is 154 cm³/mol. The third-order valence-electron chi connectivity index (χ3n) is 8.83. The molecule has 1 saturated carbocycles. The molecular formula is C30H37N7O3. The Bertz CT molecular complexity index is 1330. The minimum atomic E-state index is 0.170. The number of anilines is 3. The fourth-order valence-corrected chi connectivity index (χ4v) is 6.71. The zero-order chi connectivity index (χ0) is 27.1. The quantitative estimate of drug-likeness (QED) is 0.409. The number of phenolic OH excluding ortho intramolecular Hbond substituents is 1. The van der Waals surface area contributed by atoms with E-state index >= 15 is 0 Å². The first-order valence-corrected chi connectivity index (χ1v) is 14.5. The Morgan fingerprint density at radius 3 is 2.45 bits per heavy atom. The van der Waals surface area contributed by atoms with Crippen molar-refractivity contribution >= 4 is 17.2 Å². The van der Waals surface area contributed by atoms with E-state index in [-0.39, 0.29) is 11.9 Å². The SMILES string of the molecule is Nc1nnc(-c2ccccc2O)cc1N1CC2CCC(C1)N2c1ccnc(O[C@H]2C[C@H](OC3CCNCC3)C2)c1. The second-order valence-electron chi connectivity index (χ2n) is 11.5. The van der Waals surface area contributed by atoms with Crippen LogP contribution in [0.3, 0.4) is 0 Å². The highest BCUT2D eigenvalue weighted by Gasteiger charge is 2.41. The Kier molecular flexibility index (Phi) is 6.81. The van der Waals surface area contributed by atoms with Gasteiger partial charge in [0.2, 0.25) is 5.88 Å². The number of hydrogen-bond donors (Lipinski definition) is 3. The molecule has 0 amide bonds. The second kappa shape index (κ2) is 10.7. The minimum absolute atomic E-state index is 0.170. The van der Waals surface area contributed by atoms with E-state index < -0.39 is 0 Å². The fourth-order valence-electron chi connectivity index (χ4n) is 6.71. The van der Waals surface area contributed by atoms with Crippen molar-refractivity contribution in [2.24, 2.45) is 0 Å². The predicted octanol–water partition coefficient (Wildman–Crippen LogP) is 3.36. The van der Waals surface area contributed by atoms with Crippen LogP contribution in [0.25, 0.3) is 11.3 Å². The van der Waals surface area contributed by atoms with Gasteiger partial charge in [0.15, 0.2) is 5.82 Å². The van der Waals surface area contributed by atoms with Crippen molar-refractivity contribution in [2.45, 2.75) is 68.9 Å². The average Bonchev–Trinajstić information content (AvgIpc) is 3.22. The van der Waals surface area contributed by atoms with Crippen LogP contribution in [-0.2, 0) is 4.74 Å². The number of aromatic hydroxyl groups is 1. The Morgan fingerprint density at radius 1 is 0.900 bits per heavy atom. The van der Waals surface area contributed by atoms with Crippen LogP contribution >= 0.6 is 0 Å². The van der Waals surface area contributed by atoms with Gasteiger partial charge >= 0.3 is 0 Å². The summed E-state index contributed by atoms with van der Waals surface area (Å²) in [4.78, 5) is 9.38. The van der Waals surface area contributed by atoms with Crippen LogP contribution in [-0.4, -0.2) is 76.9 Å². The number of aromatic nitrogens is 3. The molecule has 1 aliphatic carbocycles. The highest BCUT2D eigenvalue weighted by Crippen LogP contribution is 2.40. The molecule has 2 aromatic heterocycles. The van der Waals surface area contributed by atoms with Crippen molar-refractivity contribution in [3.8, 4) is 22.9 Å². The van der Waals surface area contributed by atoms with Crippen LogP contribution in [0.1, 0.15) is 38.5 Å². The number of rotatable bonds is 7. The molecule has 2 unspecified atom stereocenters. The first-order chi connectivity index (χ1) is 19.6. The van der Waals surface area contributed by atoms with Gasteiger partial charge in [0.05, 0.1) is 23.6 Å².